The maximum absolute atomic E-state index is 12.3. The Kier molecular flexibility index (Phi) is 3.55. The Morgan fingerprint density at radius 3 is 2.76 bits per heavy atom. The van der Waals surface area contributed by atoms with Gasteiger partial charge in [-0.15, -0.1) is 0 Å². The van der Waals surface area contributed by atoms with Crippen LogP contribution < -0.4 is 5.69 Å². The lowest BCUT2D eigenvalue weighted by Crippen LogP contribution is -2.30. The number of carboxylic acids is 1. The maximum Gasteiger partial charge on any atom is 0.337 e. The number of hydrogen-bond donors (Lipinski definition) is 3. The molecule has 2 unspecified atom stereocenters. The molecule has 1 saturated carbocycles. The number of aliphatic hydroxyl groups is 1. The standard InChI is InChI=1S/C15H18N2O4/c18-12-8-3-1-2-7-11(12)17-13-9(14(19)20)5-4-6-10(13)16-15(17)21/h4-6,11-12,18H,1-3,7-8H2,(H,16,21)(H,19,20). The van der Waals surface area contributed by atoms with Crippen molar-refractivity contribution in [3.05, 3.63) is 34.2 Å². The van der Waals surface area contributed by atoms with Gasteiger partial charge in [-0.3, -0.25) is 4.57 Å². The quantitative estimate of drug-likeness (QED) is 0.736. The van der Waals surface area contributed by atoms with Crippen LogP contribution in [0, 0.1) is 0 Å². The number of nitrogens with zero attached hydrogens (tertiary/aromatic N) is 1. The molecule has 0 bridgehead atoms. The third-order valence-electron chi connectivity index (χ3n) is 4.24. The van der Waals surface area contributed by atoms with E-state index < -0.39 is 12.1 Å². The number of para-hydroxylation sites is 1. The number of fused-ring (bicyclic) bond motifs is 1. The number of aromatic carboxylic acids is 1. The van der Waals surface area contributed by atoms with Crippen molar-refractivity contribution in [2.75, 3.05) is 0 Å². The molecule has 2 aromatic rings. The molecule has 6 heteroatoms. The Hall–Kier alpha value is -2.08. The Morgan fingerprint density at radius 2 is 2.00 bits per heavy atom. The number of hydrogen-bond acceptors (Lipinski definition) is 3. The highest BCUT2D eigenvalue weighted by Crippen LogP contribution is 2.30. The Bertz CT molecular complexity index is 731. The molecule has 0 amide bonds. The molecule has 1 aromatic heterocycles. The molecule has 112 valence electrons. The molecule has 1 aromatic carbocycles. The molecule has 1 aliphatic carbocycles. The zero-order valence-corrected chi connectivity index (χ0v) is 11.6. The summed E-state index contributed by atoms with van der Waals surface area (Å²) in [5, 5.41) is 19.7. The fraction of sp³-hybridized carbons (Fsp3) is 0.467. The van der Waals surface area contributed by atoms with E-state index in [1.165, 1.54) is 10.6 Å². The number of aromatic amines is 1. The lowest BCUT2D eigenvalue weighted by molar-refractivity contribution is 0.0696. The highest BCUT2D eigenvalue weighted by molar-refractivity contribution is 6.01. The fourth-order valence-electron chi connectivity index (χ4n) is 3.24. The van der Waals surface area contributed by atoms with Gasteiger partial charge < -0.3 is 15.2 Å². The average Bonchev–Trinajstić information content (AvgIpc) is 2.63. The molecule has 0 aliphatic heterocycles. The second kappa shape index (κ2) is 5.37. The first-order chi connectivity index (χ1) is 10.1. The van der Waals surface area contributed by atoms with E-state index >= 15 is 0 Å². The summed E-state index contributed by atoms with van der Waals surface area (Å²) in [7, 11) is 0. The first kappa shape index (κ1) is 13.9. The van der Waals surface area contributed by atoms with Crippen LogP contribution in [0.4, 0.5) is 0 Å². The average molecular weight is 290 g/mol. The number of benzene rings is 1. The van der Waals surface area contributed by atoms with Crippen molar-refractivity contribution in [1.29, 1.82) is 0 Å². The predicted octanol–water partition coefficient (Wildman–Crippen LogP) is 1.89. The van der Waals surface area contributed by atoms with Gasteiger partial charge in [-0.05, 0) is 25.0 Å². The normalized spacial score (nSPS) is 23.1. The van der Waals surface area contributed by atoms with E-state index in [9.17, 15) is 19.8 Å². The maximum atomic E-state index is 12.3. The van der Waals surface area contributed by atoms with Gasteiger partial charge in [-0.25, -0.2) is 9.59 Å². The van der Waals surface area contributed by atoms with Crippen LogP contribution >= 0.6 is 0 Å². The lowest BCUT2D eigenvalue weighted by atomic mass is 10.0. The highest BCUT2D eigenvalue weighted by atomic mass is 16.4. The molecule has 1 heterocycles. The van der Waals surface area contributed by atoms with E-state index in [0.29, 0.717) is 23.9 Å². The molecule has 0 spiro atoms. The molecule has 3 N–H and O–H groups in total. The summed E-state index contributed by atoms with van der Waals surface area (Å²) < 4.78 is 1.44. The molecule has 0 saturated heterocycles. The number of aromatic nitrogens is 2. The summed E-state index contributed by atoms with van der Waals surface area (Å²) in [5.41, 5.74) is 0.601. The number of nitrogens with one attached hydrogen (secondary N) is 1. The molecule has 2 atom stereocenters. The molecule has 3 rings (SSSR count). The predicted molar refractivity (Wildman–Crippen MR) is 77.6 cm³/mol. The molecule has 1 fully saturated rings. The molecular weight excluding hydrogens is 272 g/mol. The van der Waals surface area contributed by atoms with E-state index in [4.69, 9.17) is 0 Å². The number of rotatable bonds is 2. The van der Waals surface area contributed by atoms with Crippen molar-refractivity contribution in [3.63, 3.8) is 0 Å². The minimum atomic E-state index is -1.07. The lowest BCUT2D eigenvalue weighted by Gasteiger charge is -2.22. The summed E-state index contributed by atoms with van der Waals surface area (Å²) in [6, 6.07) is 4.41. The van der Waals surface area contributed by atoms with Crippen molar-refractivity contribution in [2.24, 2.45) is 0 Å². The number of imidazole rings is 1. The molecule has 21 heavy (non-hydrogen) atoms. The van der Waals surface area contributed by atoms with Gasteiger partial charge >= 0.3 is 11.7 Å². The van der Waals surface area contributed by atoms with E-state index in [1.54, 1.807) is 12.1 Å². The van der Waals surface area contributed by atoms with Crippen LogP contribution in [-0.2, 0) is 0 Å². The van der Waals surface area contributed by atoms with E-state index in [0.717, 1.165) is 19.3 Å². The van der Waals surface area contributed by atoms with E-state index in [1.807, 2.05) is 0 Å². The van der Waals surface area contributed by atoms with Crippen molar-refractivity contribution in [1.82, 2.24) is 9.55 Å². The fourth-order valence-corrected chi connectivity index (χ4v) is 3.24. The highest BCUT2D eigenvalue weighted by Gasteiger charge is 2.28. The molecular formula is C15H18N2O4. The molecule has 1 aliphatic rings. The smallest absolute Gasteiger partial charge is 0.337 e. The Morgan fingerprint density at radius 1 is 1.24 bits per heavy atom. The SMILES string of the molecule is O=C(O)c1cccc2[nH]c(=O)n(C3CCCCCC3O)c12. The van der Waals surface area contributed by atoms with E-state index in [-0.39, 0.29) is 17.3 Å². The van der Waals surface area contributed by atoms with Crippen LogP contribution in [0.15, 0.2) is 23.0 Å². The molecule has 0 radical (unpaired) electrons. The van der Waals surface area contributed by atoms with Crippen LogP contribution in [0.5, 0.6) is 0 Å². The van der Waals surface area contributed by atoms with Gasteiger partial charge in [0, 0.05) is 0 Å². The van der Waals surface area contributed by atoms with Gasteiger partial charge in [0.25, 0.3) is 0 Å². The first-order valence-corrected chi connectivity index (χ1v) is 7.24. The van der Waals surface area contributed by atoms with Crippen LogP contribution in [0.3, 0.4) is 0 Å². The monoisotopic (exact) mass is 290 g/mol. The second-order valence-electron chi connectivity index (χ2n) is 5.58. The van der Waals surface area contributed by atoms with Gasteiger partial charge in [0.05, 0.1) is 28.7 Å². The summed E-state index contributed by atoms with van der Waals surface area (Å²) >= 11 is 0. The summed E-state index contributed by atoms with van der Waals surface area (Å²) in [6.45, 7) is 0. The number of aliphatic hydroxyl groups excluding tert-OH is 1. The van der Waals surface area contributed by atoms with Gasteiger partial charge in [0.2, 0.25) is 0 Å². The Labute approximate surface area is 121 Å². The minimum absolute atomic E-state index is 0.0855. The third-order valence-corrected chi connectivity index (χ3v) is 4.24. The van der Waals surface area contributed by atoms with Gasteiger partial charge in [0.15, 0.2) is 0 Å². The van der Waals surface area contributed by atoms with Gasteiger partial charge in [-0.2, -0.15) is 0 Å². The van der Waals surface area contributed by atoms with Crippen molar-refractivity contribution < 1.29 is 15.0 Å². The van der Waals surface area contributed by atoms with Crippen LogP contribution in [0.25, 0.3) is 11.0 Å². The van der Waals surface area contributed by atoms with Gasteiger partial charge in [0.1, 0.15) is 0 Å². The number of H-pyrrole nitrogens is 1. The van der Waals surface area contributed by atoms with Crippen LogP contribution in [0.1, 0.15) is 48.5 Å². The zero-order chi connectivity index (χ0) is 15.0. The van der Waals surface area contributed by atoms with Crippen LogP contribution in [0.2, 0.25) is 0 Å². The van der Waals surface area contributed by atoms with Crippen molar-refractivity contribution in [2.45, 2.75) is 44.2 Å². The topological polar surface area (TPSA) is 95.3 Å². The second-order valence-corrected chi connectivity index (χ2v) is 5.58. The van der Waals surface area contributed by atoms with Gasteiger partial charge in [-0.1, -0.05) is 25.3 Å². The summed E-state index contributed by atoms with van der Waals surface area (Å²) in [6.07, 6.45) is 3.58. The number of carbonyl (C=O) groups is 1. The summed E-state index contributed by atoms with van der Waals surface area (Å²) in [5.74, 6) is -1.07. The zero-order valence-electron chi connectivity index (χ0n) is 11.6. The Balaban J connectivity index is 2.23. The van der Waals surface area contributed by atoms with Crippen LogP contribution in [-0.4, -0.2) is 31.8 Å². The number of carboxylic acid groups (broad SMARTS) is 1. The minimum Gasteiger partial charge on any atom is -0.478 e. The third kappa shape index (κ3) is 2.35. The van der Waals surface area contributed by atoms with Crippen molar-refractivity contribution >= 4 is 17.0 Å². The van der Waals surface area contributed by atoms with E-state index in [2.05, 4.69) is 4.98 Å². The summed E-state index contributed by atoms with van der Waals surface area (Å²) in [4.78, 5) is 26.4. The first-order valence-electron chi connectivity index (χ1n) is 7.24. The van der Waals surface area contributed by atoms with Crippen molar-refractivity contribution in [3.8, 4) is 0 Å². The molecule has 6 nitrogen and oxygen atoms in total. The largest absolute Gasteiger partial charge is 0.478 e.